The number of ketones is 1. The Balaban J connectivity index is 1.34. The summed E-state index contributed by atoms with van der Waals surface area (Å²) in [4.78, 5) is 42.4. The second-order valence-corrected chi connectivity index (χ2v) is 7.94. The van der Waals surface area contributed by atoms with Gasteiger partial charge in [0.05, 0.1) is 24.2 Å². The summed E-state index contributed by atoms with van der Waals surface area (Å²) in [7, 11) is 0. The van der Waals surface area contributed by atoms with Gasteiger partial charge in [0.2, 0.25) is 5.91 Å². The molecule has 8 heteroatoms. The molecule has 1 spiro atoms. The number of hydrogen-bond acceptors (Lipinski definition) is 6. The Morgan fingerprint density at radius 2 is 2.03 bits per heavy atom. The number of nitrogens with zero attached hydrogens (tertiary/aromatic N) is 2. The predicted molar refractivity (Wildman–Crippen MR) is 112 cm³/mol. The maximum atomic E-state index is 12.8. The molecule has 162 valence electrons. The van der Waals surface area contributed by atoms with E-state index in [4.69, 9.17) is 9.47 Å². The van der Waals surface area contributed by atoms with Gasteiger partial charge in [-0.2, -0.15) is 0 Å². The van der Waals surface area contributed by atoms with E-state index in [1.807, 2.05) is 18.2 Å². The molecule has 4 rings (SSSR count). The molecule has 1 aromatic heterocycles. The Bertz CT molecular complexity index is 984. The van der Waals surface area contributed by atoms with E-state index in [0.717, 1.165) is 5.69 Å². The van der Waals surface area contributed by atoms with E-state index in [2.05, 4.69) is 10.3 Å². The minimum Gasteiger partial charge on any atom is -0.486 e. The van der Waals surface area contributed by atoms with Crippen LogP contribution in [0.5, 0.6) is 11.5 Å². The van der Waals surface area contributed by atoms with Crippen molar-refractivity contribution < 1.29 is 23.9 Å². The second-order valence-electron chi connectivity index (χ2n) is 7.94. The number of pyridine rings is 1. The minimum absolute atomic E-state index is 0.0115. The largest absolute Gasteiger partial charge is 0.486 e. The van der Waals surface area contributed by atoms with Crippen LogP contribution in [0.1, 0.15) is 42.2 Å². The molecule has 31 heavy (non-hydrogen) atoms. The summed E-state index contributed by atoms with van der Waals surface area (Å²) in [6.45, 7) is 2.90. The van der Waals surface area contributed by atoms with Crippen molar-refractivity contribution in [3.8, 4) is 11.5 Å². The first-order valence-electron chi connectivity index (χ1n) is 10.4. The van der Waals surface area contributed by atoms with E-state index in [1.54, 1.807) is 36.2 Å². The lowest BCUT2D eigenvalue weighted by Gasteiger charge is -2.43. The number of nitrogens with one attached hydrogen (secondary N) is 1. The van der Waals surface area contributed by atoms with Crippen molar-refractivity contribution in [2.75, 3.05) is 19.7 Å². The molecule has 2 aromatic rings. The van der Waals surface area contributed by atoms with Gasteiger partial charge in [0.1, 0.15) is 17.1 Å². The monoisotopic (exact) mass is 423 g/mol. The van der Waals surface area contributed by atoms with Crippen molar-refractivity contribution >= 4 is 17.6 Å². The summed E-state index contributed by atoms with van der Waals surface area (Å²) in [6, 6.07) is 10.5. The first-order chi connectivity index (χ1) is 14.9. The van der Waals surface area contributed by atoms with Gasteiger partial charge in [-0.15, -0.1) is 0 Å². The number of rotatable bonds is 5. The van der Waals surface area contributed by atoms with Crippen LogP contribution in [0.2, 0.25) is 0 Å². The Labute approximate surface area is 180 Å². The van der Waals surface area contributed by atoms with Gasteiger partial charge in [0.25, 0.3) is 5.91 Å². The minimum atomic E-state index is -0.552. The Hall–Kier alpha value is -3.42. The Morgan fingerprint density at radius 3 is 2.74 bits per heavy atom. The highest BCUT2D eigenvalue weighted by atomic mass is 16.5. The zero-order chi connectivity index (χ0) is 21.8. The van der Waals surface area contributed by atoms with E-state index in [1.165, 1.54) is 0 Å². The number of hydrogen-bond donors (Lipinski definition) is 1. The van der Waals surface area contributed by atoms with Crippen LogP contribution in [0.4, 0.5) is 0 Å². The third-order valence-electron chi connectivity index (χ3n) is 5.74. The number of Topliss-reactive ketones (excluding diaryl/α,β-unsaturated/α-hetero) is 1. The van der Waals surface area contributed by atoms with Crippen molar-refractivity contribution in [1.29, 1.82) is 0 Å². The normalized spacial score (nSPS) is 16.9. The molecule has 2 amide bonds. The molecule has 0 bridgehead atoms. The van der Waals surface area contributed by atoms with Crippen LogP contribution in [0.3, 0.4) is 0 Å². The standard InChI is InChI=1S/C23H25N3O5/c1-16(27)26-10-7-23(8-11-26)13-20(28)19-12-18(5-6-21(19)31-23)30-15-22(29)25-14-17-4-2-3-9-24-17/h2-6,9,12H,7-8,10-11,13-15H2,1H3,(H,25,29). The van der Waals surface area contributed by atoms with Crippen LogP contribution in [-0.4, -0.2) is 52.8 Å². The topological polar surface area (TPSA) is 97.8 Å². The van der Waals surface area contributed by atoms with Gasteiger partial charge in [-0.05, 0) is 30.3 Å². The summed E-state index contributed by atoms with van der Waals surface area (Å²) in [5, 5.41) is 2.74. The number of carbonyl (C=O) groups is 3. The SMILES string of the molecule is CC(=O)N1CCC2(CC1)CC(=O)c1cc(OCC(=O)NCc3ccccn3)ccc1O2. The van der Waals surface area contributed by atoms with Crippen molar-refractivity contribution in [2.45, 2.75) is 38.3 Å². The molecule has 0 aliphatic carbocycles. The third kappa shape index (κ3) is 4.84. The number of piperidine rings is 1. The highest BCUT2D eigenvalue weighted by Gasteiger charge is 2.43. The average Bonchev–Trinajstić information content (AvgIpc) is 2.77. The van der Waals surface area contributed by atoms with Crippen molar-refractivity contribution in [1.82, 2.24) is 15.2 Å². The predicted octanol–water partition coefficient (Wildman–Crippen LogP) is 2.12. The fourth-order valence-corrected chi connectivity index (χ4v) is 3.96. The molecule has 8 nitrogen and oxygen atoms in total. The van der Waals surface area contributed by atoms with Crippen LogP contribution in [0.15, 0.2) is 42.6 Å². The molecular weight excluding hydrogens is 398 g/mol. The number of aromatic nitrogens is 1. The zero-order valence-corrected chi connectivity index (χ0v) is 17.4. The molecule has 0 saturated carbocycles. The molecule has 3 heterocycles. The fourth-order valence-electron chi connectivity index (χ4n) is 3.96. The molecule has 0 atom stereocenters. The summed E-state index contributed by atoms with van der Waals surface area (Å²) in [5.41, 5.74) is 0.672. The maximum Gasteiger partial charge on any atom is 0.258 e. The van der Waals surface area contributed by atoms with Crippen molar-refractivity contribution in [2.24, 2.45) is 0 Å². The van der Waals surface area contributed by atoms with E-state index in [9.17, 15) is 14.4 Å². The van der Waals surface area contributed by atoms with Crippen LogP contribution in [0, 0.1) is 0 Å². The quantitative estimate of drug-likeness (QED) is 0.791. The molecule has 2 aliphatic rings. The maximum absolute atomic E-state index is 12.8. The Morgan fingerprint density at radius 1 is 1.23 bits per heavy atom. The van der Waals surface area contributed by atoms with Gasteiger partial charge >= 0.3 is 0 Å². The lowest BCUT2D eigenvalue weighted by atomic mass is 9.82. The summed E-state index contributed by atoms with van der Waals surface area (Å²) >= 11 is 0. The molecule has 0 radical (unpaired) electrons. The highest BCUT2D eigenvalue weighted by Crippen LogP contribution is 2.40. The van der Waals surface area contributed by atoms with Crippen LogP contribution in [-0.2, 0) is 16.1 Å². The highest BCUT2D eigenvalue weighted by molar-refractivity contribution is 6.00. The van der Waals surface area contributed by atoms with Gasteiger partial charge in [0, 0.05) is 39.1 Å². The van der Waals surface area contributed by atoms with Gasteiger partial charge in [-0.3, -0.25) is 19.4 Å². The lowest BCUT2D eigenvalue weighted by Crippen LogP contribution is -2.51. The van der Waals surface area contributed by atoms with Crippen molar-refractivity contribution in [3.63, 3.8) is 0 Å². The van der Waals surface area contributed by atoms with E-state index in [-0.39, 0.29) is 30.6 Å². The number of benzene rings is 1. The summed E-state index contributed by atoms with van der Waals surface area (Å²) in [6.07, 6.45) is 3.21. The summed E-state index contributed by atoms with van der Waals surface area (Å²) < 4.78 is 11.8. The van der Waals surface area contributed by atoms with Gasteiger partial charge in [-0.1, -0.05) is 6.07 Å². The average molecular weight is 423 g/mol. The Kier molecular flexibility index (Phi) is 5.88. The van der Waals surface area contributed by atoms with Gasteiger partial charge in [0.15, 0.2) is 12.4 Å². The molecular formula is C23H25N3O5. The lowest BCUT2D eigenvalue weighted by molar-refractivity contribution is -0.132. The molecule has 1 N–H and O–H groups in total. The van der Waals surface area contributed by atoms with Crippen molar-refractivity contribution in [3.05, 3.63) is 53.9 Å². The van der Waals surface area contributed by atoms with Crippen LogP contribution < -0.4 is 14.8 Å². The first-order valence-corrected chi connectivity index (χ1v) is 10.4. The summed E-state index contributed by atoms with van der Waals surface area (Å²) in [5.74, 6) is 0.721. The smallest absolute Gasteiger partial charge is 0.258 e. The number of amides is 2. The second kappa shape index (κ2) is 8.75. The van der Waals surface area contributed by atoms with Gasteiger partial charge in [-0.25, -0.2) is 0 Å². The molecule has 0 unspecified atom stereocenters. The van der Waals surface area contributed by atoms with Crippen LogP contribution >= 0.6 is 0 Å². The number of ether oxygens (including phenoxy) is 2. The van der Waals surface area contributed by atoms with E-state index >= 15 is 0 Å². The molecule has 1 aromatic carbocycles. The zero-order valence-electron chi connectivity index (χ0n) is 17.4. The van der Waals surface area contributed by atoms with Gasteiger partial charge < -0.3 is 19.7 Å². The third-order valence-corrected chi connectivity index (χ3v) is 5.74. The fraction of sp³-hybridized carbons (Fsp3) is 0.391. The van der Waals surface area contributed by atoms with Crippen LogP contribution in [0.25, 0.3) is 0 Å². The first kappa shape index (κ1) is 20.8. The molecule has 2 aliphatic heterocycles. The number of carbonyl (C=O) groups excluding carboxylic acids is 3. The number of fused-ring (bicyclic) bond motifs is 1. The van der Waals surface area contributed by atoms with E-state index < -0.39 is 5.60 Å². The van der Waals surface area contributed by atoms with E-state index in [0.29, 0.717) is 49.5 Å². The number of likely N-dealkylation sites (tertiary alicyclic amines) is 1. The molecule has 1 fully saturated rings. The molecule has 1 saturated heterocycles.